The molecule has 0 fully saturated rings. The molecule has 0 unspecified atom stereocenters. The first-order chi connectivity index (χ1) is 10.2. The Labute approximate surface area is 118 Å². The van der Waals surface area contributed by atoms with Gasteiger partial charge in [-0.3, -0.25) is 0 Å². The second kappa shape index (κ2) is 4.94. The van der Waals surface area contributed by atoms with E-state index in [1.165, 1.54) is 23.1 Å². The predicted molar refractivity (Wildman–Crippen MR) is 70.7 cm³/mol. The molecule has 2 heterocycles. The van der Waals surface area contributed by atoms with Crippen LogP contribution in [0, 0.1) is 11.3 Å². The highest BCUT2D eigenvalue weighted by Crippen LogP contribution is 2.25. The second-order valence-electron chi connectivity index (χ2n) is 4.14. The van der Waals surface area contributed by atoms with Gasteiger partial charge < -0.3 is 9.52 Å². The molecule has 0 radical (unpaired) electrons. The van der Waals surface area contributed by atoms with Gasteiger partial charge >= 0.3 is 5.97 Å². The lowest BCUT2D eigenvalue weighted by Gasteiger charge is -2.05. The van der Waals surface area contributed by atoms with Crippen LogP contribution in [0.15, 0.2) is 47.1 Å². The summed E-state index contributed by atoms with van der Waals surface area (Å²) in [4.78, 5) is 11.0. The van der Waals surface area contributed by atoms with Crippen LogP contribution in [0.2, 0.25) is 0 Å². The summed E-state index contributed by atoms with van der Waals surface area (Å²) in [6.45, 7) is 0. The summed E-state index contributed by atoms with van der Waals surface area (Å²) in [6.07, 6.45) is 1.47. The van der Waals surface area contributed by atoms with Crippen molar-refractivity contribution in [3.63, 3.8) is 0 Å². The normalized spacial score (nSPS) is 10.2. The maximum Gasteiger partial charge on any atom is 0.335 e. The summed E-state index contributed by atoms with van der Waals surface area (Å²) in [5, 5.41) is 25.9. The SMILES string of the molecule is N#Cc1nnn(-c2cccc(C(=O)O)c2)c1-c1ccco1. The Hall–Kier alpha value is -3.40. The van der Waals surface area contributed by atoms with E-state index in [0.29, 0.717) is 17.1 Å². The number of carbonyl (C=O) groups is 1. The maximum absolute atomic E-state index is 11.0. The summed E-state index contributed by atoms with van der Waals surface area (Å²) >= 11 is 0. The van der Waals surface area contributed by atoms with E-state index >= 15 is 0 Å². The third-order valence-electron chi connectivity index (χ3n) is 2.87. The molecule has 0 atom stereocenters. The Kier molecular flexibility index (Phi) is 2.97. The van der Waals surface area contributed by atoms with E-state index in [0.717, 1.165) is 0 Å². The molecule has 7 heteroatoms. The Balaban J connectivity index is 2.20. The summed E-state index contributed by atoms with van der Waals surface area (Å²) < 4.78 is 6.67. The van der Waals surface area contributed by atoms with Crippen molar-refractivity contribution in [3.05, 3.63) is 53.9 Å². The molecule has 1 N–H and O–H groups in total. The lowest BCUT2D eigenvalue weighted by molar-refractivity contribution is 0.0697. The van der Waals surface area contributed by atoms with Gasteiger partial charge in [0.05, 0.1) is 17.5 Å². The number of hydrogen-bond donors (Lipinski definition) is 1. The summed E-state index contributed by atoms with van der Waals surface area (Å²) in [7, 11) is 0. The molecule has 102 valence electrons. The van der Waals surface area contributed by atoms with E-state index in [1.807, 2.05) is 6.07 Å². The van der Waals surface area contributed by atoms with E-state index < -0.39 is 5.97 Å². The third kappa shape index (κ3) is 2.15. The van der Waals surface area contributed by atoms with E-state index in [-0.39, 0.29) is 11.3 Å². The number of carboxylic acid groups (broad SMARTS) is 1. The highest BCUT2D eigenvalue weighted by atomic mass is 16.4. The van der Waals surface area contributed by atoms with Crippen molar-refractivity contribution < 1.29 is 14.3 Å². The monoisotopic (exact) mass is 280 g/mol. The van der Waals surface area contributed by atoms with Gasteiger partial charge in [0.25, 0.3) is 0 Å². The highest BCUT2D eigenvalue weighted by molar-refractivity contribution is 5.88. The number of aromatic carboxylic acids is 1. The Morgan fingerprint density at radius 3 is 2.86 bits per heavy atom. The molecule has 0 amide bonds. The fraction of sp³-hybridized carbons (Fsp3) is 0. The van der Waals surface area contributed by atoms with Crippen molar-refractivity contribution in [2.45, 2.75) is 0 Å². The predicted octanol–water partition coefficient (Wildman–Crippen LogP) is 2.10. The number of benzene rings is 1. The molecule has 0 saturated heterocycles. The molecule has 0 spiro atoms. The number of rotatable bonds is 3. The summed E-state index contributed by atoms with van der Waals surface area (Å²) in [6, 6.07) is 11.5. The zero-order valence-electron chi connectivity index (χ0n) is 10.6. The third-order valence-corrected chi connectivity index (χ3v) is 2.87. The quantitative estimate of drug-likeness (QED) is 0.787. The van der Waals surface area contributed by atoms with Crippen LogP contribution in [0.5, 0.6) is 0 Å². The smallest absolute Gasteiger partial charge is 0.335 e. The van der Waals surface area contributed by atoms with Crippen LogP contribution in [0.25, 0.3) is 17.1 Å². The Bertz CT molecular complexity index is 843. The average molecular weight is 280 g/mol. The maximum atomic E-state index is 11.0. The van der Waals surface area contributed by atoms with Crippen LogP contribution in [0.1, 0.15) is 16.1 Å². The van der Waals surface area contributed by atoms with Crippen LogP contribution in [-0.2, 0) is 0 Å². The van der Waals surface area contributed by atoms with Crippen molar-refractivity contribution in [2.24, 2.45) is 0 Å². The van der Waals surface area contributed by atoms with Gasteiger partial charge in [-0.05, 0) is 30.3 Å². The van der Waals surface area contributed by atoms with Gasteiger partial charge in [0.15, 0.2) is 11.5 Å². The second-order valence-corrected chi connectivity index (χ2v) is 4.14. The lowest BCUT2D eigenvalue weighted by atomic mass is 10.2. The van der Waals surface area contributed by atoms with Crippen LogP contribution in [-0.4, -0.2) is 26.1 Å². The van der Waals surface area contributed by atoms with Gasteiger partial charge in [-0.1, -0.05) is 11.3 Å². The number of nitrogens with zero attached hydrogens (tertiary/aromatic N) is 4. The van der Waals surface area contributed by atoms with Crippen LogP contribution in [0.3, 0.4) is 0 Å². The molecular weight excluding hydrogens is 272 g/mol. The number of nitriles is 1. The van der Waals surface area contributed by atoms with Gasteiger partial charge in [-0.25, -0.2) is 9.48 Å². The van der Waals surface area contributed by atoms with Gasteiger partial charge in [0.2, 0.25) is 0 Å². The van der Waals surface area contributed by atoms with Crippen LogP contribution < -0.4 is 0 Å². The molecule has 0 aliphatic rings. The van der Waals surface area contributed by atoms with E-state index in [9.17, 15) is 4.79 Å². The summed E-state index contributed by atoms with van der Waals surface area (Å²) in [5.41, 5.74) is 1.08. The fourth-order valence-electron chi connectivity index (χ4n) is 1.94. The minimum Gasteiger partial charge on any atom is -0.478 e. The lowest BCUT2D eigenvalue weighted by Crippen LogP contribution is -2.02. The van der Waals surface area contributed by atoms with E-state index in [2.05, 4.69) is 10.3 Å². The van der Waals surface area contributed by atoms with Gasteiger partial charge in [-0.2, -0.15) is 5.26 Å². The van der Waals surface area contributed by atoms with Crippen LogP contribution in [0.4, 0.5) is 0 Å². The molecule has 2 aromatic heterocycles. The van der Waals surface area contributed by atoms with E-state index in [1.54, 1.807) is 24.3 Å². The minimum atomic E-state index is -1.04. The summed E-state index contributed by atoms with van der Waals surface area (Å²) in [5.74, 6) is -0.616. The largest absolute Gasteiger partial charge is 0.478 e. The molecule has 0 bridgehead atoms. The first kappa shape index (κ1) is 12.6. The van der Waals surface area contributed by atoms with Crippen molar-refractivity contribution >= 4 is 5.97 Å². The van der Waals surface area contributed by atoms with E-state index in [4.69, 9.17) is 14.8 Å². The molecule has 0 aliphatic heterocycles. The Morgan fingerprint density at radius 1 is 1.33 bits per heavy atom. The number of carboxylic acids is 1. The van der Waals surface area contributed by atoms with Crippen molar-refractivity contribution in [3.8, 4) is 23.2 Å². The molecule has 3 aromatic rings. The highest BCUT2D eigenvalue weighted by Gasteiger charge is 2.19. The van der Waals surface area contributed by atoms with Gasteiger partial charge in [-0.15, -0.1) is 5.10 Å². The molecule has 1 aromatic carbocycles. The number of furan rings is 1. The first-order valence-corrected chi connectivity index (χ1v) is 5.94. The number of aromatic nitrogens is 3. The number of hydrogen-bond acceptors (Lipinski definition) is 5. The van der Waals surface area contributed by atoms with Gasteiger partial charge in [0, 0.05) is 0 Å². The molecule has 3 rings (SSSR count). The molecule has 21 heavy (non-hydrogen) atoms. The van der Waals surface area contributed by atoms with Crippen molar-refractivity contribution in [2.75, 3.05) is 0 Å². The molecule has 0 aliphatic carbocycles. The standard InChI is InChI=1S/C14H8N4O3/c15-8-11-13(12-5-2-6-21-12)18(17-16-11)10-4-1-3-9(7-10)14(19)20/h1-7H,(H,19,20). The van der Waals surface area contributed by atoms with Crippen molar-refractivity contribution in [1.29, 1.82) is 5.26 Å². The molecule has 0 saturated carbocycles. The molecule has 7 nitrogen and oxygen atoms in total. The minimum absolute atomic E-state index is 0.102. The van der Waals surface area contributed by atoms with Crippen LogP contribution >= 0.6 is 0 Å². The average Bonchev–Trinajstić information content (AvgIpc) is 3.15. The van der Waals surface area contributed by atoms with Gasteiger partial charge in [0.1, 0.15) is 11.8 Å². The molecular formula is C14H8N4O3. The van der Waals surface area contributed by atoms with Crippen molar-refractivity contribution in [1.82, 2.24) is 15.0 Å². The zero-order chi connectivity index (χ0) is 14.8. The fourth-order valence-corrected chi connectivity index (χ4v) is 1.94. The zero-order valence-corrected chi connectivity index (χ0v) is 10.6. The first-order valence-electron chi connectivity index (χ1n) is 5.94. The Morgan fingerprint density at radius 2 is 2.19 bits per heavy atom. The topological polar surface area (TPSA) is 105 Å².